The van der Waals surface area contributed by atoms with Crippen molar-refractivity contribution >= 4 is 15.9 Å². The first-order valence-corrected chi connectivity index (χ1v) is 4.29. The highest BCUT2D eigenvalue weighted by atomic mass is 79.9. The molecule has 0 amide bonds. The molecule has 1 rings (SSSR count). The molecular weight excluding hydrogens is 204 g/mol. The zero-order valence-electron chi connectivity index (χ0n) is 5.84. The van der Waals surface area contributed by atoms with Gasteiger partial charge in [0, 0.05) is 5.56 Å². The van der Waals surface area contributed by atoms with Crippen LogP contribution in [0, 0.1) is 11.8 Å². The third kappa shape index (κ3) is 2.65. The van der Waals surface area contributed by atoms with E-state index in [2.05, 4.69) is 27.8 Å². The van der Waals surface area contributed by atoms with Gasteiger partial charge in [0.25, 0.3) is 0 Å². The van der Waals surface area contributed by atoms with E-state index in [4.69, 9.17) is 5.11 Å². The Morgan fingerprint density at radius 3 is 2.45 bits per heavy atom. The van der Waals surface area contributed by atoms with Gasteiger partial charge in [0.15, 0.2) is 0 Å². The Hall–Kier alpha value is -0.940. The summed E-state index contributed by atoms with van der Waals surface area (Å²) in [5.41, 5.74) is 0.919. The summed E-state index contributed by atoms with van der Waals surface area (Å²) in [5, 5.41) is 9.60. The van der Waals surface area contributed by atoms with Crippen molar-refractivity contribution < 1.29 is 5.11 Å². The first-order chi connectivity index (χ1) is 5.33. The number of aromatic hydroxyl groups is 1. The molecule has 56 valence electrons. The molecule has 1 aromatic rings. The first kappa shape index (κ1) is 8.16. The van der Waals surface area contributed by atoms with E-state index < -0.39 is 0 Å². The number of benzene rings is 1. The second-order valence-corrected chi connectivity index (χ2v) is 2.54. The SMILES string of the molecule is Oc1ccc(C#CCBr)cc1. The summed E-state index contributed by atoms with van der Waals surface area (Å²) in [6, 6.07) is 6.81. The molecule has 0 aliphatic heterocycles. The van der Waals surface area contributed by atoms with Crippen molar-refractivity contribution in [3.8, 4) is 17.6 Å². The van der Waals surface area contributed by atoms with Gasteiger partial charge in [0.05, 0.1) is 5.33 Å². The van der Waals surface area contributed by atoms with E-state index in [0.29, 0.717) is 5.33 Å². The number of phenols is 1. The van der Waals surface area contributed by atoms with Crippen molar-refractivity contribution in [3.05, 3.63) is 29.8 Å². The Morgan fingerprint density at radius 1 is 1.27 bits per heavy atom. The highest BCUT2D eigenvalue weighted by molar-refractivity contribution is 9.09. The fraction of sp³-hybridized carbons (Fsp3) is 0.111. The molecule has 0 unspecified atom stereocenters. The summed E-state index contributed by atoms with van der Waals surface area (Å²) in [6.45, 7) is 0. The van der Waals surface area contributed by atoms with Gasteiger partial charge in [-0.15, -0.1) is 0 Å². The minimum Gasteiger partial charge on any atom is -0.508 e. The van der Waals surface area contributed by atoms with E-state index in [-0.39, 0.29) is 5.75 Å². The largest absolute Gasteiger partial charge is 0.508 e. The van der Waals surface area contributed by atoms with Crippen LogP contribution in [0.5, 0.6) is 5.75 Å². The van der Waals surface area contributed by atoms with Gasteiger partial charge in [0.1, 0.15) is 5.75 Å². The van der Waals surface area contributed by atoms with Crippen LogP contribution in [0.2, 0.25) is 0 Å². The van der Waals surface area contributed by atoms with Crippen LogP contribution in [0.15, 0.2) is 24.3 Å². The summed E-state index contributed by atoms with van der Waals surface area (Å²) < 4.78 is 0. The minimum atomic E-state index is 0.273. The smallest absolute Gasteiger partial charge is 0.115 e. The third-order valence-corrected chi connectivity index (χ3v) is 1.45. The number of rotatable bonds is 0. The van der Waals surface area contributed by atoms with Crippen LogP contribution < -0.4 is 0 Å². The van der Waals surface area contributed by atoms with E-state index in [1.165, 1.54) is 0 Å². The van der Waals surface area contributed by atoms with E-state index in [1.54, 1.807) is 24.3 Å². The maximum absolute atomic E-state index is 8.92. The van der Waals surface area contributed by atoms with Gasteiger partial charge in [-0.3, -0.25) is 0 Å². The Balaban J connectivity index is 2.82. The number of halogens is 1. The Labute approximate surface area is 74.2 Å². The van der Waals surface area contributed by atoms with Crippen molar-refractivity contribution in [2.45, 2.75) is 0 Å². The highest BCUT2D eigenvalue weighted by Crippen LogP contribution is 2.07. The van der Waals surface area contributed by atoms with Gasteiger partial charge in [-0.05, 0) is 24.3 Å². The van der Waals surface area contributed by atoms with Crippen LogP contribution in [0.4, 0.5) is 0 Å². The van der Waals surface area contributed by atoms with Crippen molar-refractivity contribution in [2.75, 3.05) is 5.33 Å². The van der Waals surface area contributed by atoms with E-state index >= 15 is 0 Å². The second kappa shape index (κ2) is 4.05. The van der Waals surface area contributed by atoms with Gasteiger partial charge in [-0.2, -0.15) is 0 Å². The normalized spacial score (nSPS) is 8.45. The standard InChI is InChI=1S/C9H7BrO/c10-7-1-2-8-3-5-9(11)6-4-8/h3-6,11H,7H2. The van der Waals surface area contributed by atoms with Crippen LogP contribution >= 0.6 is 15.9 Å². The Bertz CT molecular complexity index is 279. The lowest BCUT2D eigenvalue weighted by Crippen LogP contribution is -1.72. The van der Waals surface area contributed by atoms with Crippen molar-refractivity contribution in [2.24, 2.45) is 0 Å². The van der Waals surface area contributed by atoms with Crippen LogP contribution in [-0.4, -0.2) is 10.4 Å². The molecule has 2 heteroatoms. The molecule has 0 bridgehead atoms. The quantitative estimate of drug-likeness (QED) is 0.514. The maximum Gasteiger partial charge on any atom is 0.115 e. The summed E-state index contributed by atoms with van der Waals surface area (Å²) in [6.07, 6.45) is 0. The highest BCUT2D eigenvalue weighted by Gasteiger charge is 1.85. The molecule has 0 spiro atoms. The monoisotopic (exact) mass is 210 g/mol. The zero-order valence-corrected chi connectivity index (χ0v) is 7.43. The molecule has 0 saturated carbocycles. The number of hydrogen-bond donors (Lipinski definition) is 1. The fourth-order valence-electron chi connectivity index (χ4n) is 0.680. The molecule has 0 saturated heterocycles. The molecule has 0 aliphatic rings. The fourth-order valence-corrected chi connectivity index (χ4v) is 0.820. The average Bonchev–Trinajstić information content (AvgIpc) is 2.04. The van der Waals surface area contributed by atoms with E-state index in [1.807, 2.05) is 0 Å². The lowest BCUT2D eigenvalue weighted by molar-refractivity contribution is 0.475. The molecule has 0 aromatic heterocycles. The number of phenolic OH excluding ortho intramolecular Hbond substituents is 1. The summed E-state index contributed by atoms with van der Waals surface area (Å²) in [4.78, 5) is 0. The molecule has 1 nitrogen and oxygen atoms in total. The molecule has 1 N–H and O–H groups in total. The second-order valence-electron chi connectivity index (χ2n) is 1.98. The van der Waals surface area contributed by atoms with Crippen LogP contribution in [-0.2, 0) is 0 Å². The lowest BCUT2D eigenvalue weighted by Gasteiger charge is -1.89. The molecular formula is C9H7BrO. The van der Waals surface area contributed by atoms with Gasteiger partial charge in [0.2, 0.25) is 0 Å². The molecule has 0 aliphatic carbocycles. The van der Waals surface area contributed by atoms with Crippen LogP contribution in [0.3, 0.4) is 0 Å². The van der Waals surface area contributed by atoms with Crippen molar-refractivity contribution in [1.29, 1.82) is 0 Å². The average molecular weight is 211 g/mol. The molecule has 11 heavy (non-hydrogen) atoms. The summed E-state index contributed by atoms with van der Waals surface area (Å²) >= 11 is 3.20. The van der Waals surface area contributed by atoms with Gasteiger partial charge in [-0.1, -0.05) is 27.8 Å². The van der Waals surface area contributed by atoms with Crippen molar-refractivity contribution in [3.63, 3.8) is 0 Å². The molecule has 1 aromatic carbocycles. The minimum absolute atomic E-state index is 0.273. The third-order valence-electron chi connectivity index (χ3n) is 1.17. The van der Waals surface area contributed by atoms with Crippen LogP contribution in [0.25, 0.3) is 0 Å². The number of hydrogen-bond acceptors (Lipinski definition) is 1. The van der Waals surface area contributed by atoms with Gasteiger partial charge >= 0.3 is 0 Å². The van der Waals surface area contributed by atoms with Gasteiger partial charge in [-0.25, -0.2) is 0 Å². The van der Waals surface area contributed by atoms with Gasteiger partial charge < -0.3 is 5.11 Å². The summed E-state index contributed by atoms with van der Waals surface area (Å²) in [7, 11) is 0. The van der Waals surface area contributed by atoms with Crippen LogP contribution in [0.1, 0.15) is 5.56 Å². The molecule has 0 fully saturated rings. The Morgan fingerprint density at radius 2 is 1.91 bits per heavy atom. The molecule has 0 heterocycles. The first-order valence-electron chi connectivity index (χ1n) is 3.17. The zero-order chi connectivity index (χ0) is 8.10. The molecule has 0 atom stereocenters. The summed E-state index contributed by atoms with van der Waals surface area (Å²) in [5.74, 6) is 6.06. The Kier molecular flexibility index (Phi) is 3.00. The predicted octanol–water partition coefficient (Wildman–Crippen LogP) is 2.14. The lowest BCUT2D eigenvalue weighted by atomic mass is 10.2. The van der Waals surface area contributed by atoms with E-state index in [0.717, 1.165) is 5.56 Å². The molecule has 0 radical (unpaired) electrons. The predicted molar refractivity (Wildman–Crippen MR) is 48.8 cm³/mol. The van der Waals surface area contributed by atoms with Crippen molar-refractivity contribution in [1.82, 2.24) is 0 Å². The number of alkyl halides is 1. The topological polar surface area (TPSA) is 20.2 Å². The maximum atomic E-state index is 8.92. The van der Waals surface area contributed by atoms with E-state index in [9.17, 15) is 0 Å².